The molecule has 2 N–H and O–H groups in total. The Bertz CT molecular complexity index is 374. The van der Waals surface area contributed by atoms with E-state index < -0.39 is 0 Å². The quantitative estimate of drug-likeness (QED) is 0.854. The van der Waals surface area contributed by atoms with Gasteiger partial charge in [0.15, 0.2) is 0 Å². The fourth-order valence-corrected chi connectivity index (χ4v) is 1.68. The molecule has 0 atom stereocenters. The molecule has 17 heavy (non-hydrogen) atoms. The van der Waals surface area contributed by atoms with Crippen LogP contribution in [0.4, 0.5) is 4.39 Å². The molecule has 0 saturated carbocycles. The molecule has 0 bridgehead atoms. The molecule has 2 nitrogen and oxygen atoms in total. The number of rotatable bonds is 5. The van der Waals surface area contributed by atoms with Gasteiger partial charge < -0.3 is 5.73 Å². The van der Waals surface area contributed by atoms with E-state index in [-0.39, 0.29) is 11.4 Å². The third kappa shape index (κ3) is 3.51. The summed E-state index contributed by atoms with van der Waals surface area (Å²) in [7, 11) is 2.09. The van der Waals surface area contributed by atoms with Crippen LogP contribution in [-0.4, -0.2) is 17.5 Å². The number of hydrogen-bond acceptors (Lipinski definition) is 2. The van der Waals surface area contributed by atoms with Crippen LogP contribution in [0, 0.1) is 5.82 Å². The van der Waals surface area contributed by atoms with Crippen LogP contribution in [0.1, 0.15) is 38.3 Å². The van der Waals surface area contributed by atoms with Crippen LogP contribution in [0.25, 0.3) is 0 Å². The van der Waals surface area contributed by atoms with Crippen LogP contribution >= 0.6 is 0 Å². The van der Waals surface area contributed by atoms with Crippen molar-refractivity contribution in [1.82, 2.24) is 4.90 Å². The first kappa shape index (κ1) is 14.1. The van der Waals surface area contributed by atoms with E-state index in [0.717, 1.165) is 24.1 Å². The average Bonchev–Trinajstić information content (AvgIpc) is 2.31. The normalized spacial score (nSPS) is 12.2. The van der Waals surface area contributed by atoms with Crippen LogP contribution in [0.15, 0.2) is 18.2 Å². The van der Waals surface area contributed by atoms with Crippen molar-refractivity contribution in [1.29, 1.82) is 0 Å². The zero-order valence-corrected chi connectivity index (χ0v) is 11.3. The second-order valence-corrected chi connectivity index (χ2v) is 5.14. The van der Waals surface area contributed by atoms with E-state index in [0.29, 0.717) is 6.54 Å². The van der Waals surface area contributed by atoms with Gasteiger partial charge in [0, 0.05) is 18.6 Å². The summed E-state index contributed by atoms with van der Waals surface area (Å²) in [5, 5.41) is 0. The van der Waals surface area contributed by atoms with Crippen LogP contribution in [-0.2, 0) is 13.1 Å². The number of benzene rings is 1. The topological polar surface area (TPSA) is 29.3 Å². The molecule has 0 heterocycles. The van der Waals surface area contributed by atoms with Gasteiger partial charge in [-0.1, -0.05) is 13.0 Å². The zero-order valence-electron chi connectivity index (χ0n) is 11.3. The predicted octanol–water partition coefficient (Wildman–Crippen LogP) is 2.90. The third-order valence-corrected chi connectivity index (χ3v) is 3.69. The standard InChI is InChI=1S/C14H23FN2/c1-5-14(2,3)17(4)10-11-6-7-13(15)8-12(11)9-16/h6-8H,5,9-10,16H2,1-4H3. The molecule has 96 valence electrons. The van der Waals surface area contributed by atoms with Gasteiger partial charge in [-0.15, -0.1) is 0 Å². The van der Waals surface area contributed by atoms with E-state index in [1.54, 1.807) is 0 Å². The Kier molecular flexibility index (Phi) is 4.66. The summed E-state index contributed by atoms with van der Waals surface area (Å²) in [6, 6.07) is 4.86. The van der Waals surface area contributed by atoms with Crippen molar-refractivity contribution >= 4 is 0 Å². The molecule has 0 aliphatic rings. The van der Waals surface area contributed by atoms with E-state index in [9.17, 15) is 4.39 Å². The maximum absolute atomic E-state index is 13.1. The number of halogens is 1. The Hall–Kier alpha value is -0.930. The van der Waals surface area contributed by atoms with Gasteiger partial charge in [-0.25, -0.2) is 4.39 Å². The molecule has 0 aliphatic carbocycles. The number of nitrogens with two attached hydrogens (primary N) is 1. The zero-order chi connectivity index (χ0) is 13.1. The summed E-state index contributed by atoms with van der Waals surface area (Å²) in [6.45, 7) is 7.77. The fraction of sp³-hybridized carbons (Fsp3) is 0.571. The highest BCUT2D eigenvalue weighted by atomic mass is 19.1. The molecule has 0 aliphatic heterocycles. The van der Waals surface area contributed by atoms with E-state index >= 15 is 0 Å². The van der Waals surface area contributed by atoms with Crippen LogP contribution in [0.5, 0.6) is 0 Å². The van der Waals surface area contributed by atoms with E-state index in [1.165, 1.54) is 12.1 Å². The maximum Gasteiger partial charge on any atom is 0.123 e. The maximum atomic E-state index is 13.1. The number of nitrogens with zero attached hydrogens (tertiary/aromatic N) is 1. The Balaban J connectivity index is 2.88. The Morgan fingerprint density at radius 1 is 1.29 bits per heavy atom. The lowest BCUT2D eigenvalue weighted by molar-refractivity contribution is 0.142. The van der Waals surface area contributed by atoms with Crippen molar-refractivity contribution in [2.75, 3.05) is 7.05 Å². The molecule has 1 rings (SSSR count). The average molecular weight is 238 g/mol. The fourth-order valence-electron chi connectivity index (χ4n) is 1.68. The number of hydrogen-bond donors (Lipinski definition) is 1. The molecule has 0 saturated heterocycles. The molecule has 0 spiro atoms. The van der Waals surface area contributed by atoms with E-state index in [2.05, 4.69) is 32.7 Å². The molecular weight excluding hydrogens is 215 g/mol. The lowest BCUT2D eigenvalue weighted by Gasteiger charge is -2.35. The Labute approximate surface area is 104 Å². The SMILES string of the molecule is CCC(C)(C)N(C)Cc1ccc(F)cc1CN. The van der Waals surface area contributed by atoms with Crippen molar-refractivity contribution < 1.29 is 4.39 Å². The van der Waals surface area contributed by atoms with E-state index in [1.807, 2.05) is 6.07 Å². The van der Waals surface area contributed by atoms with Crippen molar-refractivity contribution in [2.45, 2.75) is 45.8 Å². The van der Waals surface area contributed by atoms with Crippen LogP contribution < -0.4 is 5.73 Å². The first-order valence-electron chi connectivity index (χ1n) is 6.09. The van der Waals surface area contributed by atoms with Crippen LogP contribution in [0.2, 0.25) is 0 Å². The lowest BCUT2D eigenvalue weighted by atomic mass is 9.98. The molecule has 0 unspecified atom stereocenters. The van der Waals surface area contributed by atoms with Crippen LogP contribution in [0.3, 0.4) is 0 Å². The molecule has 0 radical (unpaired) electrons. The van der Waals surface area contributed by atoms with Gasteiger partial charge in [0.05, 0.1) is 0 Å². The highest BCUT2D eigenvalue weighted by Gasteiger charge is 2.21. The van der Waals surface area contributed by atoms with Crippen molar-refractivity contribution in [2.24, 2.45) is 5.73 Å². The summed E-state index contributed by atoms with van der Waals surface area (Å²) in [5.74, 6) is -0.216. The highest BCUT2D eigenvalue weighted by Crippen LogP contribution is 2.21. The van der Waals surface area contributed by atoms with Crippen molar-refractivity contribution in [3.8, 4) is 0 Å². The summed E-state index contributed by atoms with van der Waals surface area (Å²) in [5.41, 5.74) is 7.79. The van der Waals surface area contributed by atoms with Crippen molar-refractivity contribution in [3.63, 3.8) is 0 Å². The molecule has 1 aromatic rings. The van der Waals surface area contributed by atoms with Gasteiger partial charge in [0.1, 0.15) is 5.82 Å². The first-order chi connectivity index (χ1) is 7.90. The molecule has 0 aromatic heterocycles. The largest absolute Gasteiger partial charge is 0.326 e. The molecular formula is C14H23FN2. The van der Waals surface area contributed by atoms with Crippen molar-refractivity contribution in [3.05, 3.63) is 35.1 Å². The molecule has 3 heteroatoms. The van der Waals surface area contributed by atoms with Gasteiger partial charge in [0.25, 0.3) is 0 Å². The van der Waals surface area contributed by atoms with Gasteiger partial charge >= 0.3 is 0 Å². The minimum absolute atomic E-state index is 0.139. The second kappa shape index (κ2) is 5.61. The Morgan fingerprint density at radius 3 is 2.47 bits per heavy atom. The second-order valence-electron chi connectivity index (χ2n) is 5.14. The lowest BCUT2D eigenvalue weighted by Crippen LogP contribution is -2.40. The predicted molar refractivity (Wildman–Crippen MR) is 70.1 cm³/mol. The van der Waals surface area contributed by atoms with Gasteiger partial charge in [-0.2, -0.15) is 0 Å². The molecule has 0 fully saturated rings. The first-order valence-corrected chi connectivity index (χ1v) is 6.09. The highest BCUT2D eigenvalue weighted by molar-refractivity contribution is 5.27. The minimum atomic E-state index is -0.216. The van der Waals surface area contributed by atoms with E-state index in [4.69, 9.17) is 5.73 Å². The summed E-state index contributed by atoms with van der Waals surface area (Å²) >= 11 is 0. The summed E-state index contributed by atoms with van der Waals surface area (Å²) in [6.07, 6.45) is 1.07. The molecule has 1 aromatic carbocycles. The molecule has 0 amide bonds. The summed E-state index contributed by atoms with van der Waals surface area (Å²) in [4.78, 5) is 2.28. The van der Waals surface area contributed by atoms with Gasteiger partial charge in [-0.05, 0) is 50.6 Å². The minimum Gasteiger partial charge on any atom is -0.326 e. The van der Waals surface area contributed by atoms with Gasteiger partial charge in [-0.3, -0.25) is 4.90 Å². The van der Waals surface area contributed by atoms with Gasteiger partial charge in [0.2, 0.25) is 0 Å². The Morgan fingerprint density at radius 2 is 1.94 bits per heavy atom. The monoisotopic (exact) mass is 238 g/mol. The summed E-state index contributed by atoms with van der Waals surface area (Å²) < 4.78 is 13.1. The third-order valence-electron chi connectivity index (χ3n) is 3.69. The smallest absolute Gasteiger partial charge is 0.123 e.